The van der Waals surface area contributed by atoms with Gasteiger partial charge < -0.3 is 38.2 Å². The van der Waals surface area contributed by atoms with Crippen molar-refractivity contribution in [3.63, 3.8) is 0 Å². The minimum atomic E-state index is 0.368. The van der Waals surface area contributed by atoms with E-state index in [-0.39, 0.29) is 0 Å². The maximum absolute atomic E-state index is 5.88. The Balaban J connectivity index is 1.91. The molecule has 0 heterocycles. The number of benzene rings is 4. The first kappa shape index (κ1) is 34.5. The van der Waals surface area contributed by atoms with Crippen LogP contribution in [0.3, 0.4) is 0 Å². The summed E-state index contributed by atoms with van der Waals surface area (Å²) in [6.45, 7) is 9.02. The molecule has 0 fully saturated rings. The largest absolute Gasteiger partial charge is 0.497 e. The molecule has 0 spiro atoms. The molecular formula is C39H44N2O6. The van der Waals surface area contributed by atoms with E-state index < -0.39 is 0 Å². The minimum Gasteiger partial charge on any atom is -0.497 e. The van der Waals surface area contributed by atoms with Crippen molar-refractivity contribution in [2.75, 3.05) is 59.1 Å². The minimum absolute atomic E-state index is 0.368. The second-order valence-corrected chi connectivity index (χ2v) is 10.7. The van der Waals surface area contributed by atoms with Crippen molar-refractivity contribution in [3.05, 3.63) is 132 Å². The smallest absolute Gasteiger partial charge is 0.150 e. The predicted molar refractivity (Wildman–Crippen MR) is 190 cm³/mol. The summed E-state index contributed by atoms with van der Waals surface area (Å²) in [4.78, 5) is 4.16. The Morgan fingerprint density at radius 3 is 1.51 bits per heavy atom. The van der Waals surface area contributed by atoms with Crippen LogP contribution in [0.25, 0.3) is 0 Å². The van der Waals surface area contributed by atoms with Crippen LogP contribution in [0.2, 0.25) is 0 Å². The number of hydrogen-bond acceptors (Lipinski definition) is 8. The van der Waals surface area contributed by atoms with E-state index in [0.717, 1.165) is 22.7 Å². The number of allylic oxidation sites excluding steroid dienone is 1. The zero-order chi connectivity index (χ0) is 33.9. The first-order chi connectivity index (χ1) is 22.8. The molecule has 0 aliphatic carbocycles. The highest BCUT2D eigenvalue weighted by Crippen LogP contribution is 2.48. The van der Waals surface area contributed by atoms with Gasteiger partial charge in [-0.15, -0.1) is 0 Å². The normalized spacial score (nSPS) is 11.5. The average molecular weight is 637 g/mol. The van der Waals surface area contributed by atoms with E-state index >= 15 is 0 Å². The van der Waals surface area contributed by atoms with Crippen LogP contribution < -0.4 is 24.0 Å². The summed E-state index contributed by atoms with van der Waals surface area (Å²) >= 11 is 0. The molecule has 0 aliphatic heterocycles. The van der Waals surface area contributed by atoms with Gasteiger partial charge in [0.15, 0.2) is 0 Å². The molecule has 0 unspecified atom stereocenters. The quantitative estimate of drug-likeness (QED) is 0.0946. The lowest BCUT2D eigenvalue weighted by Crippen LogP contribution is -2.20. The number of nitrogens with zero attached hydrogens (tertiary/aromatic N) is 2. The first-order valence-corrected chi connectivity index (χ1v) is 15.1. The van der Waals surface area contributed by atoms with Crippen molar-refractivity contribution >= 4 is 28.4 Å². The van der Waals surface area contributed by atoms with E-state index in [9.17, 15) is 0 Å². The Bertz CT molecular complexity index is 1620. The third kappa shape index (κ3) is 8.09. The molecule has 0 aromatic heterocycles. The Kier molecular flexibility index (Phi) is 12.0. The summed E-state index contributed by atoms with van der Waals surface area (Å²) in [5.41, 5.74) is 7.38. The number of ether oxygens (including phenoxy) is 6. The van der Waals surface area contributed by atoms with E-state index in [4.69, 9.17) is 28.4 Å². The van der Waals surface area contributed by atoms with Crippen LogP contribution in [0.15, 0.2) is 121 Å². The highest BCUT2D eigenvalue weighted by molar-refractivity contribution is 5.83. The topological polar surface area (TPSA) is 61.9 Å². The lowest BCUT2D eigenvalue weighted by atomic mass is 10.1. The Hall–Kier alpha value is -5.34. The molecular weight excluding hydrogens is 592 g/mol. The third-order valence-corrected chi connectivity index (χ3v) is 7.60. The third-order valence-electron chi connectivity index (χ3n) is 7.60. The Labute approximate surface area is 278 Å². The van der Waals surface area contributed by atoms with E-state index in [1.165, 1.54) is 11.1 Å². The van der Waals surface area contributed by atoms with E-state index in [1.54, 1.807) is 60.9 Å². The molecule has 0 N–H and O–H groups in total. The number of anilines is 5. The SMILES string of the molecule is C=C(/C(=C\C(=C/COC)OC)OC)N(c1ccc(N(c2ccc(C)cc2)c2ccc(C)cc2)cc1)c1c(OC)cc(OC)cc1OC. The van der Waals surface area contributed by atoms with E-state index in [1.807, 2.05) is 23.1 Å². The van der Waals surface area contributed by atoms with Crippen LogP contribution in [-0.4, -0.2) is 49.3 Å². The second kappa shape index (κ2) is 16.3. The van der Waals surface area contributed by atoms with Gasteiger partial charge in [0, 0.05) is 48.1 Å². The summed E-state index contributed by atoms with van der Waals surface area (Å²) in [7, 11) is 9.61. The first-order valence-electron chi connectivity index (χ1n) is 15.1. The fourth-order valence-corrected chi connectivity index (χ4v) is 5.08. The van der Waals surface area contributed by atoms with Gasteiger partial charge in [-0.1, -0.05) is 42.0 Å². The van der Waals surface area contributed by atoms with Crippen molar-refractivity contribution in [2.24, 2.45) is 0 Å². The van der Waals surface area contributed by atoms with Gasteiger partial charge in [0.2, 0.25) is 0 Å². The number of hydrogen-bond donors (Lipinski definition) is 0. The molecule has 8 nitrogen and oxygen atoms in total. The van der Waals surface area contributed by atoms with Gasteiger partial charge >= 0.3 is 0 Å². The number of rotatable bonds is 15. The lowest BCUT2D eigenvalue weighted by Gasteiger charge is -2.31. The highest BCUT2D eigenvalue weighted by Gasteiger charge is 2.26. The van der Waals surface area contributed by atoms with Crippen molar-refractivity contribution < 1.29 is 28.4 Å². The number of aryl methyl sites for hydroxylation is 2. The highest BCUT2D eigenvalue weighted by atomic mass is 16.5. The Morgan fingerprint density at radius 1 is 0.638 bits per heavy atom. The zero-order valence-electron chi connectivity index (χ0n) is 28.5. The molecule has 0 bridgehead atoms. The van der Waals surface area contributed by atoms with Gasteiger partial charge in [-0.05, 0) is 68.5 Å². The molecule has 0 saturated heterocycles. The monoisotopic (exact) mass is 636 g/mol. The summed E-state index contributed by atoms with van der Waals surface area (Å²) < 4.78 is 34.0. The maximum Gasteiger partial charge on any atom is 0.150 e. The van der Waals surface area contributed by atoms with Gasteiger partial charge in [0.05, 0.1) is 47.9 Å². The molecule has 246 valence electrons. The number of methoxy groups -OCH3 is 6. The van der Waals surface area contributed by atoms with Crippen LogP contribution in [0.1, 0.15) is 11.1 Å². The lowest BCUT2D eigenvalue weighted by molar-refractivity contribution is 0.225. The molecule has 0 atom stereocenters. The Morgan fingerprint density at radius 2 is 1.11 bits per heavy atom. The fraction of sp³-hybridized carbons (Fsp3) is 0.231. The fourth-order valence-electron chi connectivity index (χ4n) is 5.08. The summed E-state index contributed by atoms with van der Waals surface area (Å²) in [5.74, 6) is 2.64. The van der Waals surface area contributed by atoms with Crippen LogP contribution in [0.4, 0.5) is 28.4 Å². The molecule has 0 saturated carbocycles. The van der Waals surface area contributed by atoms with Crippen LogP contribution in [0, 0.1) is 13.8 Å². The zero-order valence-corrected chi connectivity index (χ0v) is 28.5. The molecule has 4 aromatic carbocycles. The molecule has 0 radical (unpaired) electrons. The summed E-state index contributed by atoms with van der Waals surface area (Å²) in [5, 5.41) is 0. The standard InChI is InChI=1S/C39H44N2O6/c1-27-10-14-31(15-11-27)41(32-16-12-28(2)13-17-32)33-20-18-30(19-21-33)40(29(3)36(45-7)24-34(43-5)22-23-42-4)39-37(46-8)25-35(44-6)26-38(39)47-9/h10-22,24-26H,3,23H2,1-2,4-9H3/b34-22+,36-24+. The summed E-state index contributed by atoms with van der Waals surface area (Å²) in [6.07, 6.45) is 3.58. The van der Waals surface area contributed by atoms with Crippen molar-refractivity contribution in [2.45, 2.75) is 13.8 Å². The maximum atomic E-state index is 5.88. The predicted octanol–water partition coefficient (Wildman–Crippen LogP) is 9.16. The van der Waals surface area contributed by atoms with Crippen molar-refractivity contribution in [3.8, 4) is 17.2 Å². The average Bonchev–Trinajstić information content (AvgIpc) is 3.10. The van der Waals surface area contributed by atoms with Crippen molar-refractivity contribution in [1.29, 1.82) is 0 Å². The van der Waals surface area contributed by atoms with Crippen LogP contribution >= 0.6 is 0 Å². The molecule has 0 aliphatic rings. The molecule has 8 heteroatoms. The van der Waals surface area contributed by atoms with Gasteiger partial charge in [0.25, 0.3) is 0 Å². The molecule has 0 amide bonds. The van der Waals surface area contributed by atoms with Gasteiger partial charge in [-0.25, -0.2) is 0 Å². The molecule has 4 aromatic rings. The van der Waals surface area contributed by atoms with Gasteiger partial charge in [0.1, 0.15) is 34.5 Å². The summed E-state index contributed by atoms with van der Waals surface area (Å²) in [6, 6.07) is 28.8. The van der Waals surface area contributed by atoms with Crippen LogP contribution in [0.5, 0.6) is 17.2 Å². The van der Waals surface area contributed by atoms with Gasteiger partial charge in [-0.2, -0.15) is 0 Å². The van der Waals surface area contributed by atoms with Crippen LogP contribution in [-0.2, 0) is 14.2 Å². The van der Waals surface area contributed by atoms with E-state index in [0.29, 0.717) is 46.8 Å². The van der Waals surface area contributed by atoms with E-state index in [2.05, 4.69) is 86.0 Å². The molecule has 4 rings (SSSR count). The second-order valence-electron chi connectivity index (χ2n) is 10.7. The van der Waals surface area contributed by atoms with Gasteiger partial charge in [-0.3, -0.25) is 0 Å². The van der Waals surface area contributed by atoms with Crippen molar-refractivity contribution in [1.82, 2.24) is 0 Å². The molecule has 47 heavy (non-hydrogen) atoms.